The molecule has 1 fully saturated rings. The third kappa shape index (κ3) is 0.876. The second-order valence-electron chi connectivity index (χ2n) is 2.49. The zero-order valence-electron chi connectivity index (χ0n) is 5.39. The molecule has 0 amide bonds. The van der Waals surface area contributed by atoms with Gasteiger partial charge in [0.2, 0.25) is 0 Å². The molecule has 0 saturated carbocycles. The zero-order valence-corrected chi connectivity index (χ0v) is 6.98. The molecule has 2 N–H and O–H groups in total. The summed E-state index contributed by atoms with van der Waals surface area (Å²) in [4.78, 5) is 0. The monoisotopic (exact) mass is 201 g/mol. The SMILES string of the molecule is Brc1cn[nH]c1C1CNC1. The van der Waals surface area contributed by atoms with E-state index < -0.39 is 0 Å². The molecule has 2 heterocycles. The molecule has 1 aromatic heterocycles. The topological polar surface area (TPSA) is 40.7 Å². The fourth-order valence-corrected chi connectivity index (χ4v) is 1.58. The molecule has 3 nitrogen and oxygen atoms in total. The van der Waals surface area contributed by atoms with Crippen LogP contribution in [0.25, 0.3) is 0 Å². The summed E-state index contributed by atoms with van der Waals surface area (Å²) in [6.07, 6.45) is 1.80. The van der Waals surface area contributed by atoms with Crippen LogP contribution in [0.5, 0.6) is 0 Å². The Kier molecular flexibility index (Phi) is 1.50. The second kappa shape index (κ2) is 2.36. The molecule has 2 rings (SSSR count). The van der Waals surface area contributed by atoms with E-state index >= 15 is 0 Å². The lowest BCUT2D eigenvalue weighted by molar-refractivity contribution is 0.438. The minimum Gasteiger partial charge on any atom is -0.315 e. The fraction of sp³-hybridized carbons (Fsp3) is 0.500. The van der Waals surface area contributed by atoms with Crippen LogP contribution < -0.4 is 5.32 Å². The first-order valence-corrected chi connectivity index (χ1v) is 4.06. The quantitative estimate of drug-likeness (QED) is 0.708. The van der Waals surface area contributed by atoms with Gasteiger partial charge in [0, 0.05) is 19.0 Å². The molecule has 1 aliphatic heterocycles. The van der Waals surface area contributed by atoms with Gasteiger partial charge in [-0.1, -0.05) is 0 Å². The maximum absolute atomic E-state index is 3.92. The van der Waals surface area contributed by atoms with Gasteiger partial charge in [0.25, 0.3) is 0 Å². The van der Waals surface area contributed by atoms with Gasteiger partial charge in [-0.05, 0) is 15.9 Å². The number of nitrogens with zero attached hydrogens (tertiary/aromatic N) is 1. The number of rotatable bonds is 1. The van der Waals surface area contributed by atoms with Crippen LogP contribution in [-0.4, -0.2) is 23.3 Å². The number of aromatic nitrogens is 2. The fourth-order valence-electron chi connectivity index (χ4n) is 1.06. The summed E-state index contributed by atoms with van der Waals surface area (Å²) in [6.45, 7) is 2.14. The predicted molar refractivity (Wildman–Crippen MR) is 41.9 cm³/mol. The Morgan fingerprint density at radius 2 is 2.40 bits per heavy atom. The summed E-state index contributed by atoms with van der Waals surface area (Å²) >= 11 is 3.42. The van der Waals surface area contributed by atoms with Gasteiger partial charge < -0.3 is 5.32 Å². The molecule has 1 saturated heterocycles. The standard InChI is InChI=1S/C6H8BrN3/c7-5-3-9-10-6(5)4-1-8-2-4/h3-4,8H,1-2H2,(H,9,10). The summed E-state index contributed by atoms with van der Waals surface area (Å²) in [5.74, 6) is 0.636. The van der Waals surface area contributed by atoms with Crippen LogP contribution >= 0.6 is 15.9 Å². The van der Waals surface area contributed by atoms with Crippen molar-refractivity contribution in [1.29, 1.82) is 0 Å². The van der Waals surface area contributed by atoms with Crippen LogP contribution in [0.15, 0.2) is 10.7 Å². The van der Waals surface area contributed by atoms with E-state index in [4.69, 9.17) is 0 Å². The molecule has 4 heteroatoms. The number of H-pyrrole nitrogens is 1. The lowest BCUT2D eigenvalue weighted by Gasteiger charge is -2.25. The summed E-state index contributed by atoms with van der Waals surface area (Å²) in [5.41, 5.74) is 1.22. The third-order valence-electron chi connectivity index (χ3n) is 1.81. The molecule has 0 bridgehead atoms. The van der Waals surface area contributed by atoms with Crippen molar-refractivity contribution in [2.45, 2.75) is 5.92 Å². The van der Waals surface area contributed by atoms with E-state index in [2.05, 4.69) is 31.4 Å². The first-order chi connectivity index (χ1) is 4.88. The van der Waals surface area contributed by atoms with E-state index in [1.807, 2.05) is 0 Å². The Balaban J connectivity index is 2.23. The molecule has 0 aliphatic carbocycles. The zero-order chi connectivity index (χ0) is 6.97. The van der Waals surface area contributed by atoms with Gasteiger partial charge in [-0.3, -0.25) is 5.10 Å². The Hall–Kier alpha value is -0.350. The Morgan fingerprint density at radius 3 is 2.80 bits per heavy atom. The molecular weight excluding hydrogens is 194 g/mol. The number of hydrogen-bond acceptors (Lipinski definition) is 2. The normalized spacial score (nSPS) is 18.9. The van der Waals surface area contributed by atoms with Crippen LogP contribution in [0, 0.1) is 0 Å². The van der Waals surface area contributed by atoms with Crippen molar-refractivity contribution in [3.63, 3.8) is 0 Å². The number of aromatic amines is 1. The highest BCUT2D eigenvalue weighted by Gasteiger charge is 2.22. The molecule has 0 aromatic carbocycles. The van der Waals surface area contributed by atoms with Gasteiger partial charge >= 0.3 is 0 Å². The van der Waals surface area contributed by atoms with Crippen molar-refractivity contribution in [1.82, 2.24) is 15.5 Å². The summed E-state index contributed by atoms with van der Waals surface area (Å²) in [6, 6.07) is 0. The van der Waals surface area contributed by atoms with Gasteiger partial charge in [0.15, 0.2) is 0 Å². The van der Waals surface area contributed by atoms with Crippen LogP contribution in [0.2, 0.25) is 0 Å². The minimum atomic E-state index is 0.636. The van der Waals surface area contributed by atoms with E-state index in [9.17, 15) is 0 Å². The van der Waals surface area contributed by atoms with Gasteiger partial charge in [0.05, 0.1) is 16.4 Å². The lowest BCUT2D eigenvalue weighted by atomic mass is 10.00. The third-order valence-corrected chi connectivity index (χ3v) is 2.44. The maximum atomic E-state index is 3.92. The molecular formula is C6H8BrN3. The second-order valence-corrected chi connectivity index (χ2v) is 3.34. The van der Waals surface area contributed by atoms with E-state index in [1.165, 1.54) is 5.69 Å². The first-order valence-electron chi connectivity index (χ1n) is 3.27. The molecule has 0 spiro atoms. The molecule has 0 atom stereocenters. The van der Waals surface area contributed by atoms with E-state index in [-0.39, 0.29) is 0 Å². The van der Waals surface area contributed by atoms with Crippen molar-refractivity contribution in [2.75, 3.05) is 13.1 Å². The lowest BCUT2D eigenvalue weighted by Crippen LogP contribution is -2.40. The number of nitrogens with one attached hydrogen (secondary N) is 2. The maximum Gasteiger partial charge on any atom is 0.0632 e. The molecule has 10 heavy (non-hydrogen) atoms. The van der Waals surface area contributed by atoms with Crippen LogP contribution in [0.4, 0.5) is 0 Å². The summed E-state index contributed by atoms with van der Waals surface area (Å²) in [7, 11) is 0. The highest BCUT2D eigenvalue weighted by atomic mass is 79.9. The van der Waals surface area contributed by atoms with Gasteiger partial charge in [-0.15, -0.1) is 0 Å². The number of halogens is 1. The molecule has 54 valence electrons. The average molecular weight is 202 g/mol. The van der Waals surface area contributed by atoms with Crippen molar-refractivity contribution in [3.8, 4) is 0 Å². The highest BCUT2D eigenvalue weighted by molar-refractivity contribution is 9.10. The van der Waals surface area contributed by atoms with Gasteiger partial charge in [-0.2, -0.15) is 5.10 Å². The molecule has 1 aromatic rings. The van der Waals surface area contributed by atoms with E-state index in [0.717, 1.165) is 17.6 Å². The summed E-state index contributed by atoms with van der Waals surface area (Å²) in [5, 5.41) is 10.1. The summed E-state index contributed by atoms with van der Waals surface area (Å²) < 4.78 is 1.10. The van der Waals surface area contributed by atoms with Crippen molar-refractivity contribution in [2.24, 2.45) is 0 Å². The minimum absolute atomic E-state index is 0.636. The smallest absolute Gasteiger partial charge is 0.0632 e. The van der Waals surface area contributed by atoms with Crippen molar-refractivity contribution >= 4 is 15.9 Å². The molecule has 0 radical (unpaired) electrons. The van der Waals surface area contributed by atoms with Crippen molar-refractivity contribution in [3.05, 3.63) is 16.4 Å². The van der Waals surface area contributed by atoms with Gasteiger partial charge in [-0.25, -0.2) is 0 Å². The Bertz CT molecular complexity index is 229. The van der Waals surface area contributed by atoms with Crippen LogP contribution in [-0.2, 0) is 0 Å². The van der Waals surface area contributed by atoms with Crippen LogP contribution in [0.1, 0.15) is 11.6 Å². The molecule has 0 unspecified atom stereocenters. The predicted octanol–water partition coefficient (Wildman–Crippen LogP) is 0.859. The highest BCUT2D eigenvalue weighted by Crippen LogP contribution is 2.24. The van der Waals surface area contributed by atoms with E-state index in [0.29, 0.717) is 5.92 Å². The van der Waals surface area contributed by atoms with Crippen LogP contribution in [0.3, 0.4) is 0 Å². The van der Waals surface area contributed by atoms with Crippen molar-refractivity contribution < 1.29 is 0 Å². The number of hydrogen-bond donors (Lipinski definition) is 2. The first kappa shape index (κ1) is 6.37. The van der Waals surface area contributed by atoms with Gasteiger partial charge in [0.1, 0.15) is 0 Å². The largest absolute Gasteiger partial charge is 0.315 e. The molecule has 1 aliphatic rings. The Morgan fingerprint density at radius 1 is 1.60 bits per heavy atom. The average Bonchev–Trinajstić information content (AvgIpc) is 2.12. The Labute approximate surface area is 67.3 Å². The van der Waals surface area contributed by atoms with E-state index in [1.54, 1.807) is 6.20 Å².